The van der Waals surface area contributed by atoms with Crippen LogP contribution in [0.25, 0.3) is 11.4 Å². The van der Waals surface area contributed by atoms with Gasteiger partial charge in [-0.1, -0.05) is 5.16 Å². The number of carbonyl (C=O) groups is 1. The molecular formula is C19H23N5O3. The normalized spacial score (nSPS) is 12.0. The van der Waals surface area contributed by atoms with Crippen molar-refractivity contribution >= 4 is 5.91 Å². The van der Waals surface area contributed by atoms with Gasteiger partial charge in [-0.3, -0.25) is 9.48 Å². The molecule has 27 heavy (non-hydrogen) atoms. The number of hydrogen-bond donors (Lipinski definition) is 1. The van der Waals surface area contributed by atoms with E-state index in [1.807, 2.05) is 55.8 Å². The lowest BCUT2D eigenvalue weighted by Gasteiger charge is -2.10. The van der Waals surface area contributed by atoms with Gasteiger partial charge in [-0.2, -0.15) is 10.1 Å². The summed E-state index contributed by atoms with van der Waals surface area (Å²) < 4.78 is 12.3. The van der Waals surface area contributed by atoms with Gasteiger partial charge in [-0.25, -0.2) is 0 Å². The SMILES string of the molecule is COc1ccc(-c2noc([C@@H](C)NC(=O)CCn3nc(C)cc3C)n2)cc1. The smallest absolute Gasteiger partial charge is 0.249 e. The lowest BCUT2D eigenvalue weighted by Crippen LogP contribution is -2.28. The third-order valence-corrected chi connectivity index (χ3v) is 4.19. The topological polar surface area (TPSA) is 95.1 Å². The highest BCUT2D eigenvalue weighted by Crippen LogP contribution is 2.21. The Balaban J connectivity index is 1.57. The minimum Gasteiger partial charge on any atom is -0.497 e. The maximum atomic E-state index is 12.2. The Morgan fingerprint density at radius 2 is 2.04 bits per heavy atom. The molecule has 1 aromatic carbocycles. The summed E-state index contributed by atoms with van der Waals surface area (Å²) in [4.78, 5) is 16.6. The molecule has 1 amide bonds. The molecule has 0 aliphatic carbocycles. The number of aromatic nitrogens is 4. The zero-order valence-corrected chi connectivity index (χ0v) is 15.9. The fraction of sp³-hybridized carbons (Fsp3) is 0.368. The summed E-state index contributed by atoms with van der Waals surface area (Å²) in [7, 11) is 1.61. The summed E-state index contributed by atoms with van der Waals surface area (Å²) in [5.74, 6) is 1.49. The molecule has 0 saturated heterocycles. The molecule has 0 spiro atoms. The van der Waals surface area contributed by atoms with Crippen LogP contribution >= 0.6 is 0 Å². The van der Waals surface area contributed by atoms with Crippen molar-refractivity contribution in [2.24, 2.45) is 0 Å². The van der Waals surface area contributed by atoms with Crippen LogP contribution in [0.15, 0.2) is 34.9 Å². The molecular weight excluding hydrogens is 346 g/mol. The minimum absolute atomic E-state index is 0.0979. The number of nitrogens with one attached hydrogen (secondary N) is 1. The second kappa shape index (κ2) is 8.03. The van der Waals surface area contributed by atoms with Crippen LogP contribution in [-0.2, 0) is 11.3 Å². The van der Waals surface area contributed by atoms with Gasteiger partial charge in [0.15, 0.2) is 0 Å². The lowest BCUT2D eigenvalue weighted by atomic mass is 10.2. The molecule has 8 heteroatoms. The van der Waals surface area contributed by atoms with Crippen molar-refractivity contribution in [1.29, 1.82) is 0 Å². The van der Waals surface area contributed by atoms with Crippen molar-refractivity contribution in [1.82, 2.24) is 25.2 Å². The molecule has 2 aromatic heterocycles. The summed E-state index contributed by atoms with van der Waals surface area (Å²) in [5.41, 5.74) is 2.79. The average molecular weight is 369 g/mol. The van der Waals surface area contributed by atoms with E-state index in [1.54, 1.807) is 7.11 Å². The number of ether oxygens (including phenoxy) is 1. The summed E-state index contributed by atoms with van der Waals surface area (Å²) in [5, 5.41) is 11.2. The van der Waals surface area contributed by atoms with Gasteiger partial charge in [0.1, 0.15) is 11.8 Å². The Morgan fingerprint density at radius 3 is 2.67 bits per heavy atom. The molecule has 0 fully saturated rings. The molecule has 0 unspecified atom stereocenters. The van der Waals surface area contributed by atoms with Crippen molar-refractivity contribution in [2.45, 2.75) is 39.8 Å². The zero-order valence-electron chi connectivity index (χ0n) is 15.9. The molecule has 142 valence electrons. The van der Waals surface area contributed by atoms with Crippen LogP contribution in [0.3, 0.4) is 0 Å². The number of nitrogens with zero attached hydrogens (tertiary/aromatic N) is 4. The van der Waals surface area contributed by atoms with E-state index in [9.17, 15) is 4.79 Å². The number of aryl methyl sites for hydroxylation is 3. The van der Waals surface area contributed by atoms with Crippen molar-refractivity contribution in [3.63, 3.8) is 0 Å². The highest BCUT2D eigenvalue weighted by atomic mass is 16.5. The number of rotatable bonds is 7. The predicted octanol–water partition coefficient (Wildman–Crippen LogP) is 2.83. The van der Waals surface area contributed by atoms with Crippen LogP contribution < -0.4 is 10.1 Å². The Bertz CT molecular complexity index is 914. The lowest BCUT2D eigenvalue weighted by molar-refractivity contribution is -0.122. The summed E-state index contributed by atoms with van der Waals surface area (Å²) >= 11 is 0. The first-order chi connectivity index (χ1) is 13.0. The van der Waals surface area contributed by atoms with E-state index in [4.69, 9.17) is 9.26 Å². The highest BCUT2D eigenvalue weighted by Gasteiger charge is 2.17. The van der Waals surface area contributed by atoms with Crippen LogP contribution in [-0.4, -0.2) is 32.9 Å². The standard InChI is InChI=1S/C19H23N5O3/c1-12-11-13(2)24(22-12)10-9-17(25)20-14(3)19-21-18(23-27-19)15-5-7-16(26-4)8-6-15/h5-8,11,14H,9-10H2,1-4H3,(H,20,25)/t14-/m1/s1. The Morgan fingerprint density at radius 1 is 1.30 bits per heavy atom. The maximum absolute atomic E-state index is 12.2. The van der Waals surface area contributed by atoms with Gasteiger partial charge in [-0.15, -0.1) is 0 Å². The summed E-state index contributed by atoms with van der Waals surface area (Å²) in [6.07, 6.45) is 0.325. The van der Waals surface area contributed by atoms with Gasteiger partial charge in [0.05, 0.1) is 12.8 Å². The van der Waals surface area contributed by atoms with Crippen LogP contribution in [0.4, 0.5) is 0 Å². The van der Waals surface area contributed by atoms with Gasteiger partial charge in [0, 0.05) is 24.2 Å². The van der Waals surface area contributed by atoms with Crippen LogP contribution in [0.2, 0.25) is 0 Å². The van der Waals surface area contributed by atoms with E-state index in [-0.39, 0.29) is 11.9 Å². The van der Waals surface area contributed by atoms with E-state index in [1.165, 1.54) is 0 Å². The predicted molar refractivity (Wildman–Crippen MR) is 99.2 cm³/mol. The van der Waals surface area contributed by atoms with Gasteiger partial charge >= 0.3 is 0 Å². The quantitative estimate of drug-likeness (QED) is 0.688. The van der Waals surface area contributed by atoms with E-state index in [2.05, 4.69) is 20.6 Å². The van der Waals surface area contributed by atoms with E-state index in [0.717, 1.165) is 22.7 Å². The molecule has 1 N–H and O–H groups in total. The largest absolute Gasteiger partial charge is 0.497 e. The number of methoxy groups -OCH3 is 1. The number of amides is 1. The van der Waals surface area contributed by atoms with E-state index in [0.29, 0.717) is 24.7 Å². The number of hydrogen-bond acceptors (Lipinski definition) is 6. The molecule has 3 aromatic rings. The van der Waals surface area contributed by atoms with Gasteiger partial charge < -0.3 is 14.6 Å². The highest BCUT2D eigenvalue weighted by molar-refractivity contribution is 5.76. The van der Waals surface area contributed by atoms with Crippen LogP contribution in [0, 0.1) is 13.8 Å². The Hall–Kier alpha value is -3.16. The van der Waals surface area contributed by atoms with Crippen LogP contribution in [0.1, 0.15) is 36.7 Å². The first-order valence-corrected chi connectivity index (χ1v) is 8.74. The van der Waals surface area contributed by atoms with Crippen molar-refractivity contribution in [2.75, 3.05) is 7.11 Å². The first-order valence-electron chi connectivity index (χ1n) is 8.74. The van der Waals surface area contributed by atoms with Gasteiger partial charge in [0.25, 0.3) is 0 Å². The van der Waals surface area contributed by atoms with Gasteiger partial charge in [0.2, 0.25) is 17.6 Å². The molecule has 0 aliphatic heterocycles. The van der Waals surface area contributed by atoms with Gasteiger partial charge in [-0.05, 0) is 51.1 Å². The first kappa shape index (κ1) is 18.6. The maximum Gasteiger partial charge on any atom is 0.249 e. The average Bonchev–Trinajstić information content (AvgIpc) is 3.26. The van der Waals surface area contributed by atoms with E-state index < -0.39 is 0 Å². The van der Waals surface area contributed by atoms with Crippen molar-refractivity contribution in [3.8, 4) is 17.1 Å². The molecule has 3 rings (SSSR count). The second-order valence-corrected chi connectivity index (χ2v) is 6.37. The number of carbonyl (C=O) groups excluding carboxylic acids is 1. The fourth-order valence-corrected chi connectivity index (χ4v) is 2.75. The summed E-state index contributed by atoms with van der Waals surface area (Å²) in [6, 6.07) is 8.97. The second-order valence-electron chi connectivity index (χ2n) is 6.37. The third-order valence-electron chi connectivity index (χ3n) is 4.19. The molecule has 0 bridgehead atoms. The van der Waals surface area contributed by atoms with Crippen molar-refractivity contribution < 1.29 is 14.1 Å². The molecule has 8 nitrogen and oxygen atoms in total. The Labute approximate surface area is 157 Å². The fourth-order valence-electron chi connectivity index (χ4n) is 2.75. The molecule has 1 atom stereocenters. The van der Waals surface area contributed by atoms with Crippen molar-refractivity contribution in [3.05, 3.63) is 47.6 Å². The molecule has 0 saturated carbocycles. The minimum atomic E-state index is -0.377. The zero-order chi connectivity index (χ0) is 19.4. The molecule has 2 heterocycles. The molecule has 0 aliphatic rings. The monoisotopic (exact) mass is 369 g/mol. The summed E-state index contributed by atoms with van der Waals surface area (Å²) in [6.45, 7) is 6.24. The van der Waals surface area contributed by atoms with Crippen LogP contribution in [0.5, 0.6) is 5.75 Å². The Kier molecular flexibility index (Phi) is 5.54. The third kappa shape index (κ3) is 4.52. The van der Waals surface area contributed by atoms with E-state index >= 15 is 0 Å². The number of benzene rings is 1. The molecule has 0 radical (unpaired) electrons.